The molecular formula is C15H17F3N6O. The smallest absolute Gasteiger partial charge is 0.368 e. The van der Waals surface area contributed by atoms with Gasteiger partial charge in [-0.2, -0.15) is 13.2 Å². The van der Waals surface area contributed by atoms with Gasteiger partial charge in [0.1, 0.15) is 11.5 Å². The van der Waals surface area contributed by atoms with E-state index in [4.69, 9.17) is 0 Å². The van der Waals surface area contributed by atoms with E-state index in [9.17, 15) is 18.0 Å². The molecule has 2 aromatic heterocycles. The molecule has 0 bridgehead atoms. The second-order valence-electron chi connectivity index (χ2n) is 5.23. The highest BCUT2D eigenvalue weighted by Crippen LogP contribution is 2.30. The number of halogens is 3. The first-order chi connectivity index (χ1) is 11.8. The van der Waals surface area contributed by atoms with Gasteiger partial charge in [0.05, 0.1) is 0 Å². The molecule has 0 fully saturated rings. The van der Waals surface area contributed by atoms with Gasteiger partial charge in [-0.15, -0.1) is 0 Å². The average Bonchev–Trinajstić information content (AvgIpc) is 2.58. The van der Waals surface area contributed by atoms with Crippen molar-refractivity contribution < 1.29 is 18.0 Å². The minimum atomic E-state index is -4.61. The zero-order valence-corrected chi connectivity index (χ0v) is 13.6. The molecule has 7 nitrogen and oxygen atoms in total. The van der Waals surface area contributed by atoms with E-state index in [0.717, 1.165) is 6.07 Å². The van der Waals surface area contributed by atoms with E-state index in [-0.39, 0.29) is 36.5 Å². The third-order valence-electron chi connectivity index (χ3n) is 3.02. The largest absolute Gasteiger partial charge is 0.433 e. The number of carbonyl (C=O) groups excluding carboxylic acids is 1. The number of hydrogen-bond donors (Lipinski definition) is 2. The monoisotopic (exact) mass is 354 g/mol. The van der Waals surface area contributed by atoms with Gasteiger partial charge < -0.3 is 15.5 Å². The van der Waals surface area contributed by atoms with Crippen LogP contribution < -0.4 is 10.6 Å². The fraction of sp³-hybridized carbons (Fsp3) is 0.333. The number of aromatic nitrogens is 3. The first-order valence-corrected chi connectivity index (χ1v) is 7.34. The summed E-state index contributed by atoms with van der Waals surface area (Å²) in [7, 11) is 3.17. The molecule has 0 spiro atoms. The zero-order valence-electron chi connectivity index (χ0n) is 13.6. The molecule has 0 aliphatic carbocycles. The number of amides is 2. The van der Waals surface area contributed by atoms with E-state index >= 15 is 0 Å². The lowest BCUT2D eigenvalue weighted by molar-refractivity contribution is -0.141. The minimum Gasteiger partial charge on any atom is -0.368 e. The van der Waals surface area contributed by atoms with Crippen molar-refractivity contribution in [2.75, 3.05) is 32.5 Å². The predicted octanol–water partition coefficient (Wildman–Crippen LogP) is 2.24. The number of nitrogens with one attached hydrogen (secondary N) is 2. The Balaban J connectivity index is 2.15. The lowest BCUT2D eigenvalue weighted by Gasteiger charge is -2.14. The number of rotatable bonds is 5. The van der Waals surface area contributed by atoms with Crippen LogP contribution in [0.3, 0.4) is 0 Å². The van der Waals surface area contributed by atoms with E-state index in [1.54, 1.807) is 26.2 Å². The van der Waals surface area contributed by atoms with Gasteiger partial charge in [0.15, 0.2) is 11.5 Å². The molecule has 0 unspecified atom stereocenters. The highest BCUT2D eigenvalue weighted by Gasteiger charge is 2.34. The van der Waals surface area contributed by atoms with E-state index in [1.807, 2.05) is 0 Å². The summed E-state index contributed by atoms with van der Waals surface area (Å²) in [5.41, 5.74) is -0.833. The molecule has 0 aliphatic heterocycles. The summed E-state index contributed by atoms with van der Waals surface area (Å²) < 4.78 is 39.1. The number of urea groups is 1. The molecule has 0 aromatic carbocycles. The van der Waals surface area contributed by atoms with Crippen molar-refractivity contribution in [2.24, 2.45) is 0 Å². The number of nitrogens with zero attached hydrogens (tertiary/aromatic N) is 4. The van der Waals surface area contributed by atoms with Gasteiger partial charge in [0.25, 0.3) is 0 Å². The second kappa shape index (κ2) is 7.77. The molecule has 2 aromatic rings. The minimum absolute atomic E-state index is 0.00193. The molecule has 0 saturated carbocycles. The van der Waals surface area contributed by atoms with Gasteiger partial charge in [-0.25, -0.2) is 14.8 Å². The Labute approximate surface area is 142 Å². The Morgan fingerprint density at radius 1 is 1.20 bits per heavy atom. The highest BCUT2D eigenvalue weighted by atomic mass is 19.4. The number of anilines is 1. The molecule has 2 rings (SSSR count). The van der Waals surface area contributed by atoms with Crippen molar-refractivity contribution in [1.82, 2.24) is 25.2 Å². The lowest BCUT2D eigenvalue weighted by Crippen LogP contribution is -2.37. The number of carbonyl (C=O) groups is 1. The van der Waals surface area contributed by atoms with E-state index in [1.165, 1.54) is 17.2 Å². The van der Waals surface area contributed by atoms with Crippen LogP contribution in [0.5, 0.6) is 0 Å². The number of pyridine rings is 1. The van der Waals surface area contributed by atoms with Crippen LogP contribution in [0.4, 0.5) is 23.8 Å². The Hall–Kier alpha value is -2.91. The topological polar surface area (TPSA) is 83.0 Å². The van der Waals surface area contributed by atoms with Crippen molar-refractivity contribution in [3.8, 4) is 11.5 Å². The molecule has 10 heteroatoms. The van der Waals surface area contributed by atoms with Crippen molar-refractivity contribution in [3.63, 3.8) is 0 Å². The van der Waals surface area contributed by atoms with Crippen LogP contribution in [0, 0.1) is 0 Å². The van der Waals surface area contributed by atoms with Crippen LogP contribution in [-0.4, -0.2) is 53.1 Å². The fourth-order valence-corrected chi connectivity index (χ4v) is 1.81. The van der Waals surface area contributed by atoms with Gasteiger partial charge in [-0.05, 0) is 12.1 Å². The van der Waals surface area contributed by atoms with Crippen molar-refractivity contribution >= 4 is 11.8 Å². The molecule has 0 radical (unpaired) electrons. The summed E-state index contributed by atoms with van der Waals surface area (Å²) in [6.45, 7) is 0.427. The third-order valence-corrected chi connectivity index (χ3v) is 3.02. The summed E-state index contributed by atoms with van der Waals surface area (Å²) in [6.07, 6.45) is -3.16. The van der Waals surface area contributed by atoms with Crippen LogP contribution in [-0.2, 0) is 6.18 Å². The third kappa shape index (κ3) is 5.30. The SMILES string of the molecule is CN(C)C(=O)NCCNc1cc(C(F)(F)F)nc(-c2ccccn2)n1. The number of hydrogen-bond acceptors (Lipinski definition) is 5. The molecule has 134 valence electrons. The summed E-state index contributed by atoms with van der Waals surface area (Å²) >= 11 is 0. The van der Waals surface area contributed by atoms with Crippen LogP contribution in [0.15, 0.2) is 30.5 Å². The quantitative estimate of drug-likeness (QED) is 0.805. The maximum Gasteiger partial charge on any atom is 0.433 e. The van der Waals surface area contributed by atoms with Crippen molar-refractivity contribution in [3.05, 3.63) is 36.2 Å². The number of alkyl halides is 3. The molecule has 2 N–H and O–H groups in total. The summed E-state index contributed by atoms with van der Waals surface area (Å²) in [5.74, 6) is -0.127. The van der Waals surface area contributed by atoms with Crippen LogP contribution in [0.25, 0.3) is 11.5 Å². The molecule has 2 heterocycles. The molecular weight excluding hydrogens is 337 g/mol. The van der Waals surface area contributed by atoms with Crippen LogP contribution in [0.1, 0.15) is 5.69 Å². The predicted molar refractivity (Wildman–Crippen MR) is 85.8 cm³/mol. The molecule has 2 amide bonds. The Morgan fingerprint density at radius 2 is 1.96 bits per heavy atom. The Morgan fingerprint density at radius 3 is 2.56 bits per heavy atom. The average molecular weight is 354 g/mol. The standard InChI is InChI=1S/C15H17F3N6O/c1-24(2)14(25)21-8-7-20-12-9-11(15(16,17)18)22-13(23-12)10-5-3-4-6-19-10/h3-6,9H,7-8H2,1-2H3,(H,21,25)(H,20,22,23). The highest BCUT2D eigenvalue weighted by molar-refractivity contribution is 5.73. The van der Waals surface area contributed by atoms with Gasteiger partial charge in [-0.1, -0.05) is 6.07 Å². The van der Waals surface area contributed by atoms with E-state index in [2.05, 4.69) is 25.6 Å². The first kappa shape index (κ1) is 18.4. The fourth-order valence-electron chi connectivity index (χ4n) is 1.81. The van der Waals surface area contributed by atoms with Gasteiger partial charge in [0.2, 0.25) is 0 Å². The molecule has 0 saturated heterocycles. The molecule has 25 heavy (non-hydrogen) atoms. The maximum absolute atomic E-state index is 13.0. The van der Waals surface area contributed by atoms with Crippen molar-refractivity contribution in [2.45, 2.75) is 6.18 Å². The second-order valence-corrected chi connectivity index (χ2v) is 5.23. The maximum atomic E-state index is 13.0. The van der Waals surface area contributed by atoms with Crippen LogP contribution >= 0.6 is 0 Å². The normalized spacial score (nSPS) is 11.1. The van der Waals surface area contributed by atoms with Gasteiger partial charge >= 0.3 is 12.2 Å². The van der Waals surface area contributed by atoms with Crippen LogP contribution in [0.2, 0.25) is 0 Å². The summed E-state index contributed by atoms with van der Waals surface area (Å²) in [5, 5.41) is 5.34. The zero-order chi connectivity index (χ0) is 18.4. The molecule has 0 aliphatic rings. The summed E-state index contributed by atoms with van der Waals surface area (Å²) in [6, 6.07) is 5.32. The van der Waals surface area contributed by atoms with Gasteiger partial charge in [0, 0.05) is 39.4 Å². The van der Waals surface area contributed by atoms with E-state index < -0.39 is 11.9 Å². The summed E-state index contributed by atoms with van der Waals surface area (Å²) in [4.78, 5) is 24.3. The Kier molecular flexibility index (Phi) is 5.73. The van der Waals surface area contributed by atoms with E-state index in [0.29, 0.717) is 0 Å². The molecule has 0 atom stereocenters. The lowest BCUT2D eigenvalue weighted by atomic mass is 10.3. The van der Waals surface area contributed by atoms with Gasteiger partial charge in [-0.3, -0.25) is 4.98 Å². The van der Waals surface area contributed by atoms with Crippen molar-refractivity contribution in [1.29, 1.82) is 0 Å². The first-order valence-electron chi connectivity index (χ1n) is 7.34. The Bertz CT molecular complexity index is 721.